The fourth-order valence-electron chi connectivity index (χ4n) is 4.19. The number of benzene rings is 1. The van der Waals surface area contributed by atoms with Crippen molar-refractivity contribution in [2.75, 3.05) is 14.2 Å². The monoisotopic (exact) mass is 314 g/mol. The first-order valence-electron chi connectivity index (χ1n) is 7.86. The van der Waals surface area contributed by atoms with Gasteiger partial charge in [-0.3, -0.25) is 9.59 Å². The molecule has 23 heavy (non-hydrogen) atoms. The lowest BCUT2D eigenvalue weighted by Gasteiger charge is -2.42. The highest BCUT2D eigenvalue weighted by Gasteiger charge is 2.62. The maximum absolute atomic E-state index is 12.9. The number of ketones is 2. The van der Waals surface area contributed by atoms with Gasteiger partial charge in [0.1, 0.15) is 17.3 Å². The van der Waals surface area contributed by atoms with Crippen LogP contribution in [-0.4, -0.2) is 25.8 Å². The quantitative estimate of drug-likeness (QED) is 0.633. The second-order valence-corrected chi connectivity index (χ2v) is 6.69. The van der Waals surface area contributed by atoms with E-state index in [0.717, 1.165) is 12.0 Å². The van der Waals surface area contributed by atoms with Gasteiger partial charge in [0.15, 0.2) is 5.78 Å². The summed E-state index contributed by atoms with van der Waals surface area (Å²) >= 11 is 0. The predicted molar refractivity (Wildman–Crippen MR) is 86.9 cm³/mol. The molecule has 2 aliphatic carbocycles. The van der Waals surface area contributed by atoms with E-state index in [0.29, 0.717) is 17.9 Å². The largest absolute Gasteiger partial charge is 0.497 e. The van der Waals surface area contributed by atoms with Crippen LogP contribution in [0.4, 0.5) is 0 Å². The van der Waals surface area contributed by atoms with Gasteiger partial charge in [-0.1, -0.05) is 12.1 Å². The van der Waals surface area contributed by atoms with Crippen molar-refractivity contribution in [3.8, 4) is 11.5 Å². The third kappa shape index (κ3) is 1.97. The molecule has 0 amide bonds. The van der Waals surface area contributed by atoms with Crippen molar-refractivity contribution < 1.29 is 19.1 Å². The van der Waals surface area contributed by atoms with E-state index in [1.165, 1.54) is 0 Å². The molecule has 0 N–H and O–H groups in total. The predicted octanol–water partition coefficient (Wildman–Crippen LogP) is 3.09. The number of methoxy groups -OCH3 is 2. The number of hydrogen-bond donors (Lipinski definition) is 0. The maximum Gasteiger partial charge on any atom is 0.150 e. The van der Waals surface area contributed by atoms with E-state index in [9.17, 15) is 9.59 Å². The van der Waals surface area contributed by atoms with Crippen LogP contribution in [-0.2, 0) is 15.0 Å². The second-order valence-electron chi connectivity index (χ2n) is 6.69. The summed E-state index contributed by atoms with van der Waals surface area (Å²) in [5.74, 6) is 1.11. The van der Waals surface area contributed by atoms with Gasteiger partial charge in [0.25, 0.3) is 0 Å². The van der Waals surface area contributed by atoms with Gasteiger partial charge in [-0.2, -0.15) is 0 Å². The molecule has 4 heteroatoms. The molecule has 2 bridgehead atoms. The normalized spacial score (nSPS) is 32.7. The highest BCUT2D eigenvalue weighted by molar-refractivity contribution is 6.15. The third-order valence-corrected chi connectivity index (χ3v) is 5.80. The van der Waals surface area contributed by atoms with Gasteiger partial charge in [-0.05, 0) is 25.8 Å². The summed E-state index contributed by atoms with van der Waals surface area (Å²) in [5.41, 5.74) is -0.456. The summed E-state index contributed by atoms with van der Waals surface area (Å²) in [6.07, 6.45) is 3.40. The minimum Gasteiger partial charge on any atom is -0.497 e. The van der Waals surface area contributed by atoms with Crippen LogP contribution in [0.15, 0.2) is 30.9 Å². The minimum atomic E-state index is -0.809. The average Bonchev–Trinajstić information content (AvgIpc) is 2.73. The molecule has 0 spiro atoms. The fourth-order valence-corrected chi connectivity index (χ4v) is 4.19. The van der Waals surface area contributed by atoms with E-state index in [1.807, 2.05) is 24.3 Å². The maximum atomic E-state index is 12.9. The zero-order valence-corrected chi connectivity index (χ0v) is 13.8. The van der Waals surface area contributed by atoms with Gasteiger partial charge >= 0.3 is 0 Å². The van der Waals surface area contributed by atoms with Crippen molar-refractivity contribution in [3.63, 3.8) is 0 Å². The summed E-state index contributed by atoms with van der Waals surface area (Å²) in [7, 11) is 3.20. The van der Waals surface area contributed by atoms with Gasteiger partial charge in [0, 0.05) is 29.4 Å². The van der Waals surface area contributed by atoms with Gasteiger partial charge in [0.05, 0.1) is 19.6 Å². The number of ether oxygens (including phenoxy) is 2. The SMILES string of the molecule is C=C[C@]1(c2ccc(OC)cc2OC)CC[C@]2(C)C(=O)C[C@H]1C2=O. The van der Waals surface area contributed by atoms with Crippen LogP contribution in [0.2, 0.25) is 0 Å². The van der Waals surface area contributed by atoms with Crippen molar-refractivity contribution in [2.24, 2.45) is 11.3 Å². The molecule has 3 atom stereocenters. The van der Waals surface area contributed by atoms with E-state index in [4.69, 9.17) is 9.47 Å². The molecular weight excluding hydrogens is 292 g/mol. The summed E-state index contributed by atoms with van der Waals surface area (Å²) in [5, 5.41) is 0. The van der Waals surface area contributed by atoms with E-state index < -0.39 is 10.8 Å². The Hall–Kier alpha value is -2.10. The lowest BCUT2D eigenvalue weighted by atomic mass is 9.59. The van der Waals surface area contributed by atoms with Crippen molar-refractivity contribution in [1.82, 2.24) is 0 Å². The molecule has 4 nitrogen and oxygen atoms in total. The van der Waals surface area contributed by atoms with Gasteiger partial charge in [0.2, 0.25) is 0 Å². The molecule has 1 aromatic carbocycles. The summed E-state index contributed by atoms with van der Waals surface area (Å²) in [6.45, 7) is 5.79. The fraction of sp³-hybridized carbons (Fsp3) is 0.474. The molecule has 0 unspecified atom stereocenters. The Balaban J connectivity index is 2.15. The number of rotatable bonds is 4. The Morgan fingerprint density at radius 3 is 2.57 bits per heavy atom. The van der Waals surface area contributed by atoms with Crippen LogP contribution < -0.4 is 9.47 Å². The number of Topliss-reactive ketones (excluding diaryl/α,β-unsaturated/α-hetero) is 2. The lowest BCUT2D eigenvalue weighted by Crippen LogP contribution is -2.45. The number of allylic oxidation sites excluding steroid dienone is 1. The number of carbonyl (C=O) groups excluding carboxylic acids is 2. The summed E-state index contributed by atoms with van der Waals surface area (Å²) in [6, 6.07) is 5.60. The topological polar surface area (TPSA) is 52.6 Å². The van der Waals surface area contributed by atoms with Crippen LogP contribution in [0.3, 0.4) is 0 Å². The molecule has 0 heterocycles. The van der Waals surface area contributed by atoms with Crippen molar-refractivity contribution in [2.45, 2.75) is 31.6 Å². The van der Waals surface area contributed by atoms with Crippen LogP contribution in [0.25, 0.3) is 0 Å². The lowest BCUT2D eigenvalue weighted by molar-refractivity contribution is -0.138. The third-order valence-electron chi connectivity index (χ3n) is 5.80. The van der Waals surface area contributed by atoms with E-state index >= 15 is 0 Å². The highest BCUT2D eigenvalue weighted by Crippen LogP contribution is 2.57. The smallest absolute Gasteiger partial charge is 0.150 e. The molecule has 0 aromatic heterocycles. The van der Waals surface area contributed by atoms with Gasteiger partial charge in [-0.15, -0.1) is 6.58 Å². The molecule has 2 aliphatic rings. The molecule has 122 valence electrons. The molecule has 1 aromatic rings. The number of hydrogen-bond acceptors (Lipinski definition) is 4. The first kappa shape index (κ1) is 15.8. The average molecular weight is 314 g/mol. The molecule has 0 aliphatic heterocycles. The van der Waals surface area contributed by atoms with Crippen LogP contribution in [0, 0.1) is 11.3 Å². The molecule has 2 saturated carbocycles. The molecule has 3 rings (SSSR count). The number of carbonyl (C=O) groups is 2. The zero-order valence-electron chi connectivity index (χ0n) is 13.8. The second kappa shape index (κ2) is 5.22. The Kier molecular flexibility index (Phi) is 3.58. The van der Waals surface area contributed by atoms with E-state index in [2.05, 4.69) is 6.58 Å². The number of fused-ring (bicyclic) bond motifs is 2. The summed E-state index contributed by atoms with van der Waals surface area (Å²) < 4.78 is 10.8. The first-order chi connectivity index (χ1) is 10.9. The van der Waals surface area contributed by atoms with Crippen LogP contribution in [0.1, 0.15) is 31.7 Å². The van der Waals surface area contributed by atoms with E-state index in [-0.39, 0.29) is 23.9 Å². The molecular formula is C19H22O4. The highest BCUT2D eigenvalue weighted by atomic mass is 16.5. The Labute approximate surface area is 136 Å². The van der Waals surface area contributed by atoms with Gasteiger partial charge < -0.3 is 9.47 Å². The minimum absolute atomic E-state index is 0.0477. The van der Waals surface area contributed by atoms with Crippen molar-refractivity contribution >= 4 is 11.6 Å². The van der Waals surface area contributed by atoms with Crippen LogP contribution in [0.5, 0.6) is 11.5 Å². The van der Waals surface area contributed by atoms with Gasteiger partial charge in [-0.25, -0.2) is 0 Å². The Bertz CT molecular complexity index is 693. The molecule has 0 saturated heterocycles. The molecule has 0 radical (unpaired) electrons. The zero-order chi connectivity index (χ0) is 16.8. The summed E-state index contributed by atoms with van der Waals surface area (Å²) in [4.78, 5) is 25.2. The van der Waals surface area contributed by atoms with Crippen molar-refractivity contribution in [3.05, 3.63) is 36.4 Å². The van der Waals surface area contributed by atoms with Crippen molar-refractivity contribution in [1.29, 1.82) is 0 Å². The van der Waals surface area contributed by atoms with E-state index in [1.54, 1.807) is 21.1 Å². The Morgan fingerprint density at radius 1 is 1.22 bits per heavy atom. The standard InChI is InChI=1S/C19H22O4/c1-5-19(13-7-6-12(22-3)10-15(13)23-4)9-8-18(2)16(20)11-14(19)17(18)21/h5-7,10,14H,1,8-9,11H2,2-4H3/t14-,18+,19+/m0/s1. The molecule has 2 fully saturated rings. The van der Waals surface area contributed by atoms with Crippen LogP contribution >= 0.6 is 0 Å². The first-order valence-corrected chi connectivity index (χ1v) is 7.86. The Morgan fingerprint density at radius 2 is 1.96 bits per heavy atom.